The number of hydrogen-bond donors (Lipinski definition) is 1. The molecule has 5 rings (SSSR count). The molecule has 3 aromatic rings. The van der Waals surface area contributed by atoms with Gasteiger partial charge < -0.3 is 10.0 Å². The SMILES string of the molecule is OC1CCN(c2nc3ccccc3c3c2-c2ccccc2C3)CC1. The Balaban J connectivity index is 1.76. The normalized spacial score (nSPS) is 17.1. The summed E-state index contributed by atoms with van der Waals surface area (Å²) in [5.41, 5.74) is 6.50. The van der Waals surface area contributed by atoms with E-state index in [1.54, 1.807) is 0 Å². The summed E-state index contributed by atoms with van der Waals surface area (Å²) in [7, 11) is 0. The third-order valence-corrected chi connectivity index (χ3v) is 5.40. The van der Waals surface area contributed by atoms with Gasteiger partial charge in [0.2, 0.25) is 0 Å². The first-order chi connectivity index (χ1) is 11.8. The van der Waals surface area contributed by atoms with Crippen molar-refractivity contribution in [1.82, 2.24) is 4.98 Å². The molecule has 0 spiro atoms. The predicted molar refractivity (Wildman–Crippen MR) is 97.4 cm³/mol. The number of pyridine rings is 1. The molecule has 0 saturated carbocycles. The summed E-state index contributed by atoms with van der Waals surface area (Å²) in [4.78, 5) is 7.40. The smallest absolute Gasteiger partial charge is 0.137 e. The second-order valence-electron chi connectivity index (χ2n) is 6.86. The highest BCUT2D eigenvalue weighted by Gasteiger charge is 2.28. The van der Waals surface area contributed by atoms with Gasteiger partial charge >= 0.3 is 0 Å². The van der Waals surface area contributed by atoms with Crippen LogP contribution in [0, 0.1) is 0 Å². The van der Waals surface area contributed by atoms with E-state index in [9.17, 15) is 5.11 Å². The maximum atomic E-state index is 9.85. The molecule has 2 aliphatic rings. The van der Waals surface area contributed by atoms with Gasteiger partial charge in [-0.15, -0.1) is 0 Å². The van der Waals surface area contributed by atoms with Gasteiger partial charge in [-0.3, -0.25) is 0 Å². The number of rotatable bonds is 1. The van der Waals surface area contributed by atoms with E-state index in [4.69, 9.17) is 4.98 Å². The van der Waals surface area contributed by atoms with Crippen molar-refractivity contribution in [3.8, 4) is 11.1 Å². The van der Waals surface area contributed by atoms with E-state index in [0.29, 0.717) is 0 Å². The summed E-state index contributed by atoms with van der Waals surface area (Å²) in [6.07, 6.45) is 2.47. The van der Waals surface area contributed by atoms with Crippen molar-refractivity contribution in [2.24, 2.45) is 0 Å². The Bertz CT molecular complexity index is 926. The number of anilines is 1. The zero-order valence-corrected chi connectivity index (χ0v) is 13.6. The molecule has 1 aliphatic heterocycles. The summed E-state index contributed by atoms with van der Waals surface area (Å²) >= 11 is 0. The van der Waals surface area contributed by atoms with Crippen molar-refractivity contribution in [1.29, 1.82) is 0 Å². The molecule has 1 saturated heterocycles. The van der Waals surface area contributed by atoms with E-state index >= 15 is 0 Å². The highest BCUT2D eigenvalue weighted by atomic mass is 16.3. The molecule has 1 aliphatic carbocycles. The molecule has 0 unspecified atom stereocenters. The molecule has 1 aromatic heterocycles. The van der Waals surface area contributed by atoms with Gasteiger partial charge in [0.15, 0.2) is 0 Å². The van der Waals surface area contributed by atoms with Crippen LogP contribution in [0.25, 0.3) is 22.0 Å². The largest absolute Gasteiger partial charge is 0.393 e. The maximum Gasteiger partial charge on any atom is 0.137 e. The van der Waals surface area contributed by atoms with Crippen LogP contribution >= 0.6 is 0 Å². The van der Waals surface area contributed by atoms with Gasteiger partial charge in [0.1, 0.15) is 5.82 Å². The molecular weight excluding hydrogens is 296 g/mol. The fourth-order valence-corrected chi connectivity index (χ4v) is 4.15. The van der Waals surface area contributed by atoms with E-state index in [2.05, 4.69) is 53.4 Å². The molecule has 1 fully saturated rings. The Morgan fingerprint density at radius 2 is 1.71 bits per heavy atom. The first-order valence-electron chi connectivity index (χ1n) is 8.74. The highest BCUT2D eigenvalue weighted by molar-refractivity contribution is 5.98. The van der Waals surface area contributed by atoms with Crippen molar-refractivity contribution in [3.63, 3.8) is 0 Å². The Morgan fingerprint density at radius 3 is 2.58 bits per heavy atom. The van der Waals surface area contributed by atoms with Crippen molar-refractivity contribution in [2.45, 2.75) is 25.4 Å². The van der Waals surface area contributed by atoms with Crippen LogP contribution in [0.1, 0.15) is 24.0 Å². The first kappa shape index (κ1) is 14.0. The maximum absolute atomic E-state index is 9.85. The zero-order valence-electron chi connectivity index (χ0n) is 13.6. The number of piperidine rings is 1. The van der Waals surface area contributed by atoms with Gasteiger partial charge in [0.05, 0.1) is 11.6 Å². The van der Waals surface area contributed by atoms with Gasteiger partial charge in [-0.1, -0.05) is 42.5 Å². The fourth-order valence-electron chi connectivity index (χ4n) is 4.15. The standard InChI is InChI=1S/C21H20N2O/c24-15-9-11-23(12-10-15)21-20-16-6-2-1-5-14(16)13-18(20)17-7-3-4-8-19(17)22-21/h1-8,15,24H,9-13H2. The molecule has 24 heavy (non-hydrogen) atoms. The lowest BCUT2D eigenvalue weighted by Gasteiger charge is -2.32. The Morgan fingerprint density at radius 1 is 0.958 bits per heavy atom. The van der Waals surface area contributed by atoms with Crippen LogP contribution in [-0.4, -0.2) is 29.3 Å². The average Bonchev–Trinajstić information content (AvgIpc) is 3.02. The Kier molecular flexibility index (Phi) is 3.10. The van der Waals surface area contributed by atoms with Crippen LogP contribution in [0.4, 0.5) is 5.82 Å². The van der Waals surface area contributed by atoms with Crippen molar-refractivity contribution in [2.75, 3.05) is 18.0 Å². The first-order valence-corrected chi connectivity index (χ1v) is 8.74. The predicted octanol–water partition coefficient (Wildman–Crippen LogP) is 3.77. The van der Waals surface area contributed by atoms with E-state index in [0.717, 1.165) is 43.7 Å². The molecule has 0 bridgehead atoms. The quantitative estimate of drug-likeness (QED) is 0.581. The molecule has 2 aromatic carbocycles. The fraction of sp³-hybridized carbons (Fsp3) is 0.286. The summed E-state index contributed by atoms with van der Waals surface area (Å²) in [6.45, 7) is 1.75. The van der Waals surface area contributed by atoms with Gasteiger partial charge in [-0.25, -0.2) is 4.98 Å². The van der Waals surface area contributed by atoms with E-state index in [1.165, 1.54) is 27.6 Å². The van der Waals surface area contributed by atoms with Crippen LogP contribution in [0.3, 0.4) is 0 Å². The number of aliphatic hydroxyl groups excluding tert-OH is 1. The summed E-state index contributed by atoms with van der Waals surface area (Å²) in [6, 6.07) is 17.2. The summed E-state index contributed by atoms with van der Waals surface area (Å²) < 4.78 is 0. The molecule has 3 heteroatoms. The average molecular weight is 316 g/mol. The van der Waals surface area contributed by atoms with Crippen LogP contribution in [0.2, 0.25) is 0 Å². The second-order valence-corrected chi connectivity index (χ2v) is 6.86. The molecule has 0 amide bonds. The van der Waals surface area contributed by atoms with Crippen LogP contribution < -0.4 is 4.90 Å². The topological polar surface area (TPSA) is 36.4 Å². The summed E-state index contributed by atoms with van der Waals surface area (Å²) in [5.74, 6) is 1.10. The minimum absolute atomic E-state index is 0.165. The lowest BCUT2D eigenvalue weighted by molar-refractivity contribution is 0.145. The molecule has 0 atom stereocenters. The lowest BCUT2D eigenvalue weighted by Crippen LogP contribution is -2.36. The van der Waals surface area contributed by atoms with Gasteiger partial charge in [-0.05, 0) is 42.0 Å². The molecule has 3 nitrogen and oxygen atoms in total. The lowest BCUT2D eigenvalue weighted by atomic mass is 10.0. The summed E-state index contributed by atoms with van der Waals surface area (Å²) in [5, 5.41) is 11.1. The molecular formula is C21H20N2O. The second kappa shape index (κ2) is 5.32. The van der Waals surface area contributed by atoms with Crippen LogP contribution in [0.5, 0.6) is 0 Å². The Hall–Kier alpha value is -2.39. The van der Waals surface area contributed by atoms with Crippen molar-refractivity contribution in [3.05, 3.63) is 59.7 Å². The number of benzene rings is 2. The number of aliphatic hydroxyl groups is 1. The Labute approximate surface area is 141 Å². The number of para-hydroxylation sites is 1. The van der Waals surface area contributed by atoms with Gasteiger partial charge in [0.25, 0.3) is 0 Å². The zero-order chi connectivity index (χ0) is 16.1. The van der Waals surface area contributed by atoms with E-state index < -0.39 is 0 Å². The van der Waals surface area contributed by atoms with Crippen LogP contribution in [0.15, 0.2) is 48.5 Å². The highest BCUT2D eigenvalue weighted by Crippen LogP contribution is 2.45. The number of fused-ring (bicyclic) bond motifs is 5. The molecule has 0 radical (unpaired) electrons. The van der Waals surface area contributed by atoms with Crippen molar-refractivity contribution < 1.29 is 5.11 Å². The number of hydrogen-bond acceptors (Lipinski definition) is 3. The van der Waals surface area contributed by atoms with Crippen molar-refractivity contribution >= 4 is 16.7 Å². The van der Waals surface area contributed by atoms with Gasteiger partial charge in [0, 0.05) is 24.0 Å². The molecule has 1 N–H and O–H groups in total. The van der Waals surface area contributed by atoms with Gasteiger partial charge in [-0.2, -0.15) is 0 Å². The monoisotopic (exact) mass is 316 g/mol. The van der Waals surface area contributed by atoms with E-state index in [1.807, 2.05) is 0 Å². The molecule has 2 heterocycles. The number of nitrogens with zero attached hydrogens (tertiary/aromatic N) is 2. The van der Waals surface area contributed by atoms with E-state index in [-0.39, 0.29) is 6.10 Å². The van der Waals surface area contributed by atoms with Crippen LogP contribution in [-0.2, 0) is 6.42 Å². The number of aromatic nitrogens is 1. The third-order valence-electron chi connectivity index (χ3n) is 5.40. The minimum Gasteiger partial charge on any atom is -0.393 e. The third kappa shape index (κ3) is 2.05. The minimum atomic E-state index is -0.165. The molecule has 120 valence electrons.